The molecule has 1 aliphatic heterocycles. The molecule has 3 heterocycles. The highest BCUT2D eigenvalue weighted by molar-refractivity contribution is 6.33. The molecule has 0 bridgehead atoms. The Balaban J connectivity index is 0.00000184. The molecule has 2 aromatic heterocycles. The first kappa shape index (κ1) is 59.0. The van der Waals surface area contributed by atoms with Crippen molar-refractivity contribution in [2.75, 3.05) is 43.2 Å². The molecular formula is C44H56B2F8N4O7. The Morgan fingerprint density at radius 2 is 1.26 bits per heavy atom. The number of carbonyl (C=O) groups is 3. The molecule has 0 saturated heterocycles. The molecule has 21 heteroatoms. The van der Waals surface area contributed by atoms with E-state index in [0.29, 0.717) is 25.0 Å². The summed E-state index contributed by atoms with van der Waals surface area (Å²) >= 11 is 0. The molecule has 0 saturated carbocycles. The number of carboxylic acid groups (broad SMARTS) is 1. The van der Waals surface area contributed by atoms with Gasteiger partial charge in [-0.15, -0.1) is 0 Å². The minimum Gasteiger partial charge on any atom is -1.00 e. The van der Waals surface area contributed by atoms with Crippen LogP contribution in [0.3, 0.4) is 0 Å². The number of benzene rings is 2. The van der Waals surface area contributed by atoms with Crippen molar-refractivity contribution in [3.63, 3.8) is 0 Å². The van der Waals surface area contributed by atoms with E-state index >= 15 is 0 Å². The third kappa shape index (κ3) is 23.5. The number of rotatable bonds is 19. The number of carboxylic acids is 1. The van der Waals surface area contributed by atoms with E-state index in [1.807, 2.05) is 17.7 Å². The molecule has 5 rings (SSSR count). The summed E-state index contributed by atoms with van der Waals surface area (Å²) in [7, 11) is -3.22. The zero-order valence-corrected chi connectivity index (χ0v) is 36.7. The summed E-state index contributed by atoms with van der Waals surface area (Å²) in [6, 6.07) is 23.5. The number of aliphatic carboxylic acids is 1. The van der Waals surface area contributed by atoms with Crippen molar-refractivity contribution >= 4 is 55.7 Å². The lowest BCUT2D eigenvalue weighted by Gasteiger charge is -2.39. The van der Waals surface area contributed by atoms with Gasteiger partial charge >= 0.3 is 33.0 Å². The summed E-state index contributed by atoms with van der Waals surface area (Å²) in [4.78, 5) is 38.3. The maximum Gasteiger partial charge on any atom is 0.762 e. The van der Waals surface area contributed by atoms with Crippen molar-refractivity contribution < 1.29 is 78.5 Å². The Morgan fingerprint density at radius 3 is 1.83 bits per heavy atom. The molecule has 0 aliphatic carbocycles. The number of aryl methyl sites for hydroxylation is 3. The van der Waals surface area contributed by atoms with Crippen LogP contribution in [0.2, 0.25) is 0 Å². The van der Waals surface area contributed by atoms with E-state index in [4.69, 9.17) is 14.9 Å². The monoisotopic (exact) mass is 926 g/mol. The molecule has 11 nitrogen and oxygen atoms in total. The second kappa shape index (κ2) is 32.6. The summed E-state index contributed by atoms with van der Waals surface area (Å²) in [6.07, 6.45) is 14.8. The average Bonchev–Trinajstić information content (AvgIpc) is 3.24. The Morgan fingerprint density at radius 1 is 0.708 bits per heavy atom. The number of nitrogens with zero attached hydrogens (tertiary/aromatic N) is 4. The van der Waals surface area contributed by atoms with Gasteiger partial charge in [-0.2, -0.15) is 0 Å². The number of anilines is 4. The van der Waals surface area contributed by atoms with Crippen LogP contribution >= 0.6 is 0 Å². The highest BCUT2D eigenvalue weighted by Crippen LogP contribution is 2.47. The van der Waals surface area contributed by atoms with Gasteiger partial charge in [-0.25, -0.2) is 13.9 Å². The maximum atomic E-state index is 12.3. The first-order valence-electron chi connectivity index (χ1n) is 20.4. The van der Waals surface area contributed by atoms with Crippen molar-refractivity contribution in [3.05, 3.63) is 109 Å². The molecule has 356 valence electrons. The number of hydrogen-bond donors (Lipinski definition) is 2. The Labute approximate surface area is 375 Å². The summed E-state index contributed by atoms with van der Waals surface area (Å²) in [5, 5.41) is 17.2. The summed E-state index contributed by atoms with van der Waals surface area (Å²) in [6.45, 7) is 6.94. The first-order chi connectivity index (χ1) is 30.0. The first-order valence-corrected chi connectivity index (χ1v) is 20.4. The van der Waals surface area contributed by atoms with Gasteiger partial charge in [-0.1, -0.05) is 24.8 Å². The van der Waals surface area contributed by atoms with E-state index in [2.05, 4.69) is 118 Å². The normalized spacial score (nSPS) is 10.6. The molecule has 65 heavy (non-hydrogen) atoms. The Kier molecular flexibility index (Phi) is 29.6. The van der Waals surface area contributed by atoms with Crippen molar-refractivity contribution in [2.24, 2.45) is 7.05 Å². The van der Waals surface area contributed by atoms with Crippen LogP contribution in [-0.2, 0) is 43.9 Å². The van der Waals surface area contributed by atoms with Gasteiger partial charge in [0, 0.05) is 62.7 Å². The van der Waals surface area contributed by atoms with Crippen LogP contribution in [0.1, 0.15) is 63.9 Å². The third-order valence-electron chi connectivity index (χ3n) is 9.29. The zero-order valence-electron chi connectivity index (χ0n) is 36.7. The number of aromatic nitrogens is 2. The highest BCUT2D eigenvalue weighted by atomic mass is 19.4. The fraction of sp³-hybridized carbons (Fsp3) is 0.386. The summed E-state index contributed by atoms with van der Waals surface area (Å²) < 4.78 is 72.2. The molecule has 2 aromatic carbocycles. The quantitative estimate of drug-likeness (QED) is 0.0365. The third-order valence-corrected chi connectivity index (χ3v) is 9.29. The van der Waals surface area contributed by atoms with Crippen molar-refractivity contribution in [1.29, 1.82) is 0 Å². The lowest BCUT2D eigenvalue weighted by Crippen LogP contribution is -3.00. The van der Waals surface area contributed by atoms with Crippen molar-refractivity contribution in [1.82, 2.24) is 0 Å². The van der Waals surface area contributed by atoms with Crippen LogP contribution in [0.25, 0.3) is 11.1 Å². The number of halogens is 8. The second-order valence-corrected chi connectivity index (χ2v) is 14.2. The number of carbonyl (C=O) groups excluding carboxylic acids is 2. The van der Waals surface area contributed by atoms with Gasteiger partial charge in [0.25, 0.3) is 0 Å². The van der Waals surface area contributed by atoms with Crippen LogP contribution in [0, 0.1) is 0 Å². The molecule has 0 unspecified atom stereocenters. The fourth-order valence-electron chi connectivity index (χ4n) is 6.25. The van der Waals surface area contributed by atoms with Crippen LogP contribution in [0.5, 0.6) is 0 Å². The molecule has 0 atom stereocenters. The SMILES string of the molecule is C=C(C)C(=O)OCCO.CN1c2ccccc2N(CCCCC(=O)O)c2ccc(CCCCC(=O)OCCCC[n+]3ccc(-c4cc[n+](C)cc4)cc3)cc21.FB(F)F.FB(F)F.[F-].[F-]. The van der Waals surface area contributed by atoms with Crippen molar-refractivity contribution in [3.8, 4) is 11.1 Å². The number of pyridine rings is 2. The van der Waals surface area contributed by atoms with E-state index < -0.39 is 27.0 Å². The lowest BCUT2D eigenvalue weighted by molar-refractivity contribution is -0.697. The number of aliphatic hydroxyl groups is 1. The van der Waals surface area contributed by atoms with E-state index in [1.165, 1.54) is 16.7 Å². The average molecular weight is 927 g/mol. The van der Waals surface area contributed by atoms with Crippen LogP contribution < -0.4 is 28.3 Å². The minimum atomic E-state index is -3.67. The van der Waals surface area contributed by atoms with Gasteiger partial charge in [-0.3, -0.25) is 35.5 Å². The van der Waals surface area contributed by atoms with Crippen LogP contribution in [0.15, 0.2) is 104 Å². The molecule has 2 N–H and O–H groups in total. The highest BCUT2D eigenvalue weighted by Gasteiger charge is 2.26. The topological polar surface area (TPSA) is 124 Å². The molecule has 0 spiro atoms. The predicted octanol–water partition coefficient (Wildman–Crippen LogP) is 2.54. The standard InChI is InChI=1S/C38H45N4O4.C6H10O3.2BF3.2FH/c1-39-24-18-31(19-25-39)32-20-26-41(27-21-32)22-9-10-28-46-38(45)15-6-3-11-30-16-17-35-36(29-30)40(2)33-12-4-5-13-34(33)42(35)23-8-7-14-37(43)44;1-5(2)6(8)9-4-3-7;2*2-1(3)4;;/h4-5,12-13,16-21,24-27,29H,3,6-11,14-15,22-23,28H2,1-2H3;7H,1,3-4H2,2H3;;;2*1H/q+1;;;;;/p-1. The number of para-hydroxylation sites is 2. The van der Waals surface area contributed by atoms with Gasteiger partial charge in [0.1, 0.15) is 20.2 Å². The number of hydrogen-bond acceptors (Lipinski definition) is 8. The van der Waals surface area contributed by atoms with Gasteiger partial charge in [0.05, 0.1) is 36.0 Å². The lowest BCUT2D eigenvalue weighted by atomic mass is 10.0. The number of fused-ring (bicyclic) bond motifs is 2. The van der Waals surface area contributed by atoms with Crippen LogP contribution in [-0.4, -0.2) is 76.6 Å². The number of unbranched alkanes of at least 4 members (excludes halogenated alkanes) is 3. The zero-order chi connectivity index (χ0) is 46.7. The largest absolute Gasteiger partial charge is 1.00 e. The molecule has 1 aliphatic rings. The minimum absolute atomic E-state index is 0. The molecule has 0 radical (unpaired) electrons. The van der Waals surface area contributed by atoms with Gasteiger partial charge in [0.2, 0.25) is 0 Å². The van der Waals surface area contributed by atoms with E-state index in [-0.39, 0.29) is 35.0 Å². The van der Waals surface area contributed by atoms with Crippen molar-refractivity contribution in [2.45, 2.75) is 71.3 Å². The summed E-state index contributed by atoms with van der Waals surface area (Å²) in [5.74, 6) is -1.32. The Bertz CT molecular complexity index is 2000. The van der Waals surface area contributed by atoms with Crippen LogP contribution in [0.4, 0.5) is 48.6 Å². The number of ether oxygens (including phenoxy) is 2. The smallest absolute Gasteiger partial charge is 0.762 e. The van der Waals surface area contributed by atoms with E-state index in [0.717, 1.165) is 74.4 Å². The van der Waals surface area contributed by atoms with Gasteiger partial charge in [0.15, 0.2) is 24.8 Å². The molecule has 0 fully saturated rings. The molecular weight excluding hydrogens is 870 g/mol. The second-order valence-electron chi connectivity index (χ2n) is 14.2. The number of esters is 2. The molecule has 4 aromatic rings. The van der Waals surface area contributed by atoms with E-state index in [1.54, 1.807) is 6.92 Å². The fourth-order valence-corrected chi connectivity index (χ4v) is 6.25. The van der Waals surface area contributed by atoms with E-state index in [9.17, 15) is 40.3 Å². The Hall–Kier alpha value is -5.98. The number of aliphatic hydroxyl groups excluding tert-OH is 1. The summed E-state index contributed by atoms with van der Waals surface area (Å²) in [5.41, 5.74) is 8.56. The van der Waals surface area contributed by atoms with Gasteiger partial charge in [-0.05, 0) is 86.4 Å². The molecule has 0 amide bonds. The van der Waals surface area contributed by atoms with Gasteiger partial charge < -0.3 is 38.9 Å². The predicted molar refractivity (Wildman–Crippen MR) is 231 cm³/mol. The maximum absolute atomic E-state index is 12.3.